The summed E-state index contributed by atoms with van der Waals surface area (Å²) in [6, 6.07) is 0. The third kappa shape index (κ3) is 1.77. The quantitative estimate of drug-likeness (QED) is 0.509. The van der Waals surface area contributed by atoms with Crippen LogP contribution in [0.4, 0.5) is 0 Å². The van der Waals surface area contributed by atoms with Gasteiger partial charge in [0, 0.05) is 6.21 Å². The number of aliphatic imine (C=N–C) groups is 1. The largest absolute Gasteiger partial charge is 0.297 e. The van der Waals surface area contributed by atoms with Crippen LogP contribution in [0.3, 0.4) is 0 Å². The van der Waals surface area contributed by atoms with Crippen LogP contribution in [-0.4, -0.2) is 17.8 Å². The highest BCUT2D eigenvalue weighted by Gasteiger charge is 1.98. The normalized spacial score (nSPS) is 15.6. The van der Waals surface area contributed by atoms with E-state index < -0.39 is 0 Å². The molecule has 0 unspecified atom stereocenters. The van der Waals surface area contributed by atoms with Gasteiger partial charge in [-0.1, -0.05) is 0 Å². The van der Waals surface area contributed by atoms with Gasteiger partial charge in [-0.25, -0.2) is 4.99 Å². The molecule has 2 N–H and O–H groups in total. The molecule has 1 aliphatic heterocycles. The molecule has 0 radical (unpaired) electrons. The highest BCUT2D eigenvalue weighted by Crippen LogP contribution is 1.87. The zero-order chi connectivity index (χ0) is 5.98. The number of nitrogens with one attached hydrogen (secondary N) is 2. The third-order valence-corrected chi connectivity index (χ3v) is 0.808. The lowest BCUT2D eigenvalue weighted by atomic mass is 10.3. The standard InChI is InChI=1S/C5H5N3.ClH/c6-4-2-1-3-8-5(4)7;/h1-3,6-7H;1H. The van der Waals surface area contributed by atoms with Crippen molar-refractivity contribution in [2.75, 3.05) is 0 Å². The molecule has 0 amide bonds. The van der Waals surface area contributed by atoms with Crippen LogP contribution < -0.4 is 0 Å². The summed E-state index contributed by atoms with van der Waals surface area (Å²) < 4.78 is 0. The van der Waals surface area contributed by atoms with Crippen molar-refractivity contribution >= 4 is 30.2 Å². The van der Waals surface area contributed by atoms with E-state index in [1.165, 1.54) is 12.3 Å². The first kappa shape index (κ1) is 8.04. The second-order valence-electron chi connectivity index (χ2n) is 1.40. The SMILES string of the molecule is Cl.N=C1C=CC=NC1=N. The Bertz CT molecular complexity index is 170. The number of hydrogen-bond donors (Lipinski definition) is 2. The first-order valence-electron chi connectivity index (χ1n) is 2.19. The molecular formula is C5H6ClN3. The predicted octanol–water partition coefficient (Wildman–Crippen LogP) is 1.05. The third-order valence-electron chi connectivity index (χ3n) is 0.808. The van der Waals surface area contributed by atoms with E-state index in [0.717, 1.165) is 0 Å². The highest BCUT2D eigenvalue weighted by molar-refractivity contribution is 6.46. The Morgan fingerprint density at radius 1 is 1.33 bits per heavy atom. The minimum Gasteiger partial charge on any atom is -0.297 e. The van der Waals surface area contributed by atoms with Crippen LogP contribution in [0.5, 0.6) is 0 Å². The van der Waals surface area contributed by atoms with Crippen LogP contribution in [0.2, 0.25) is 0 Å². The minimum absolute atomic E-state index is 0. The van der Waals surface area contributed by atoms with Gasteiger partial charge in [0.15, 0.2) is 5.84 Å². The van der Waals surface area contributed by atoms with Crippen molar-refractivity contribution in [2.45, 2.75) is 0 Å². The first-order valence-corrected chi connectivity index (χ1v) is 2.19. The maximum atomic E-state index is 6.97. The van der Waals surface area contributed by atoms with Crippen molar-refractivity contribution in [3.05, 3.63) is 12.2 Å². The summed E-state index contributed by atoms with van der Waals surface area (Å²) in [5.74, 6) is 0.0347. The van der Waals surface area contributed by atoms with Crippen molar-refractivity contribution < 1.29 is 0 Å². The molecule has 0 atom stereocenters. The van der Waals surface area contributed by atoms with E-state index in [1.807, 2.05) is 0 Å². The molecule has 1 aliphatic rings. The van der Waals surface area contributed by atoms with Gasteiger partial charge in [-0.2, -0.15) is 0 Å². The fraction of sp³-hybridized carbons (Fsp3) is 0. The molecule has 4 heteroatoms. The van der Waals surface area contributed by atoms with Gasteiger partial charge >= 0.3 is 0 Å². The van der Waals surface area contributed by atoms with E-state index in [2.05, 4.69) is 4.99 Å². The highest BCUT2D eigenvalue weighted by atomic mass is 35.5. The molecular weight excluding hydrogens is 138 g/mol. The summed E-state index contributed by atoms with van der Waals surface area (Å²) in [5.41, 5.74) is 0.174. The molecule has 0 saturated carbocycles. The van der Waals surface area contributed by atoms with E-state index in [9.17, 15) is 0 Å². The fourth-order valence-electron chi connectivity index (χ4n) is 0.405. The van der Waals surface area contributed by atoms with E-state index in [-0.39, 0.29) is 24.0 Å². The minimum atomic E-state index is 0. The lowest BCUT2D eigenvalue weighted by molar-refractivity contribution is 1.44. The lowest BCUT2D eigenvalue weighted by Gasteiger charge is -1.95. The molecule has 0 fully saturated rings. The maximum absolute atomic E-state index is 6.97. The molecule has 48 valence electrons. The number of hydrogen-bond acceptors (Lipinski definition) is 2. The molecule has 0 aromatic carbocycles. The Morgan fingerprint density at radius 3 is 2.33 bits per heavy atom. The summed E-state index contributed by atoms with van der Waals surface area (Å²) >= 11 is 0. The smallest absolute Gasteiger partial charge is 0.169 e. The second-order valence-corrected chi connectivity index (χ2v) is 1.40. The molecule has 0 spiro atoms. The van der Waals surface area contributed by atoms with Crippen LogP contribution in [0.25, 0.3) is 0 Å². The van der Waals surface area contributed by atoms with Gasteiger partial charge in [-0.05, 0) is 12.2 Å². The summed E-state index contributed by atoms with van der Waals surface area (Å²) in [7, 11) is 0. The first-order chi connectivity index (χ1) is 3.80. The molecule has 0 aliphatic carbocycles. The number of rotatable bonds is 0. The van der Waals surface area contributed by atoms with Gasteiger partial charge in [0.05, 0.1) is 5.71 Å². The average Bonchev–Trinajstić information content (AvgIpc) is 1.77. The van der Waals surface area contributed by atoms with Crippen LogP contribution in [0, 0.1) is 10.8 Å². The van der Waals surface area contributed by atoms with Gasteiger partial charge in [0.2, 0.25) is 0 Å². The Kier molecular flexibility index (Phi) is 2.81. The van der Waals surface area contributed by atoms with Gasteiger partial charge in [0.25, 0.3) is 0 Å². The molecule has 0 bridgehead atoms. The summed E-state index contributed by atoms with van der Waals surface area (Å²) in [6.45, 7) is 0. The monoisotopic (exact) mass is 143 g/mol. The van der Waals surface area contributed by atoms with E-state index in [0.29, 0.717) is 0 Å². The Morgan fingerprint density at radius 2 is 2.00 bits per heavy atom. The number of dihydropyridines is 1. The van der Waals surface area contributed by atoms with Gasteiger partial charge in [-0.3, -0.25) is 10.8 Å². The zero-order valence-corrected chi connectivity index (χ0v) is 5.40. The Labute approximate surface area is 58.9 Å². The molecule has 0 saturated heterocycles. The van der Waals surface area contributed by atoms with Crippen molar-refractivity contribution in [1.29, 1.82) is 10.8 Å². The van der Waals surface area contributed by atoms with E-state index in [4.69, 9.17) is 10.8 Å². The summed E-state index contributed by atoms with van der Waals surface area (Å²) in [6.07, 6.45) is 4.68. The van der Waals surface area contributed by atoms with Gasteiger partial charge in [-0.15, -0.1) is 12.4 Å². The van der Waals surface area contributed by atoms with Crippen molar-refractivity contribution in [3.63, 3.8) is 0 Å². The molecule has 9 heavy (non-hydrogen) atoms. The molecule has 1 rings (SSSR count). The van der Waals surface area contributed by atoms with E-state index in [1.54, 1.807) is 6.08 Å². The summed E-state index contributed by atoms with van der Waals surface area (Å²) in [4.78, 5) is 3.56. The Hall–Kier alpha value is -0.960. The molecule has 0 aromatic rings. The number of halogens is 1. The van der Waals surface area contributed by atoms with Crippen molar-refractivity contribution in [3.8, 4) is 0 Å². The van der Waals surface area contributed by atoms with Crippen LogP contribution >= 0.6 is 12.4 Å². The fourth-order valence-corrected chi connectivity index (χ4v) is 0.405. The topological polar surface area (TPSA) is 60.1 Å². The average molecular weight is 144 g/mol. The van der Waals surface area contributed by atoms with Gasteiger partial charge < -0.3 is 0 Å². The second kappa shape index (κ2) is 3.14. The molecule has 3 nitrogen and oxygen atoms in total. The lowest BCUT2D eigenvalue weighted by Crippen LogP contribution is -2.08. The van der Waals surface area contributed by atoms with Crippen LogP contribution in [-0.2, 0) is 0 Å². The van der Waals surface area contributed by atoms with Crippen LogP contribution in [0.15, 0.2) is 17.1 Å². The van der Waals surface area contributed by atoms with Crippen molar-refractivity contribution in [2.24, 2.45) is 4.99 Å². The number of nitrogens with zero attached hydrogens (tertiary/aromatic N) is 1. The Balaban J connectivity index is 0.000000640. The molecule has 1 heterocycles. The van der Waals surface area contributed by atoms with Gasteiger partial charge in [0.1, 0.15) is 0 Å². The van der Waals surface area contributed by atoms with Crippen LogP contribution in [0.1, 0.15) is 0 Å². The maximum Gasteiger partial charge on any atom is 0.169 e. The zero-order valence-electron chi connectivity index (χ0n) is 4.59. The van der Waals surface area contributed by atoms with E-state index >= 15 is 0 Å². The van der Waals surface area contributed by atoms with Crippen molar-refractivity contribution in [1.82, 2.24) is 0 Å². The number of amidine groups is 1. The summed E-state index contributed by atoms with van der Waals surface area (Å²) in [5, 5.41) is 13.9. The number of allylic oxidation sites excluding steroid dienone is 1. The molecule has 0 aromatic heterocycles. The predicted molar refractivity (Wildman–Crippen MR) is 40.3 cm³/mol.